The normalized spacial score (nSPS) is 17.2. The second-order valence-corrected chi connectivity index (χ2v) is 4.97. The molecule has 0 spiro atoms. The van der Waals surface area contributed by atoms with E-state index in [4.69, 9.17) is 0 Å². The van der Waals surface area contributed by atoms with Crippen molar-refractivity contribution >= 4 is 27.6 Å². The minimum Gasteiger partial charge on any atom is -0.369 e. The molecule has 0 bridgehead atoms. The summed E-state index contributed by atoms with van der Waals surface area (Å²) in [6.45, 7) is 7.09. The zero-order valence-corrected chi connectivity index (χ0v) is 11.9. The Hall–Kier alpha value is -0.880. The third-order valence-corrected chi connectivity index (χ3v) is 3.65. The second kappa shape index (κ2) is 5.64. The standard InChI is InChI=1S/C11H18BrN5/c1-3-13-10-9(12)11(15-8-14-10)17-6-4-16(2)5-7-17/h8H,3-7H2,1-2H3,(H,13,14,15). The maximum Gasteiger partial charge on any atom is 0.148 e. The van der Waals surface area contributed by atoms with Crippen LogP contribution in [0.3, 0.4) is 0 Å². The summed E-state index contributed by atoms with van der Waals surface area (Å²) in [4.78, 5) is 13.2. The molecular weight excluding hydrogens is 282 g/mol. The molecule has 1 fully saturated rings. The van der Waals surface area contributed by atoms with E-state index in [9.17, 15) is 0 Å². The highest BCUT2D eigenvalue weighted by Gasteiger charge is 2.19. The fourth-order valence-corrected chi connectivity index (χ4v) is 2.49. The van der Waals surface area contributed by atoms with Crippen LogP contribution in [0.2, 0.25) is 0 Å². The number of rotatable bonds is 3. The molecule has 1 aliphatic heterocycles. The molecule has 2 rings (SSSR count). The maximum atomic E-state index is 4.38. The van der Waals surface area contributed by atoms with Gasteiger partial charge < -0.3 is 15.1 Å². The van der Waals surface area contributed by atoms with Crippen LogP contribution >= 0.6 is 15.9 Å². The van der Waals surface area contributed by atoms with Gasteiger partial charge in [-0.2, -0.15) is 0 Å². The lowest BCUT2D eigenvalue weighted by Crippen LogP contribution is -2.45. The molecule has 1 aromatic rings. The number of hydrogen-bond donors (Lipinski definition) is 1. The van der Waals surface area contributed by atoms with Crippen molar-refractivity contribution in [1.82, 2.24) is 14.9 Å². The minimum absolute atomic E-state index is 0.859. The Balaban J connectivity index is 2.17. The predicted octanol–water partition coefficient (Wildman–Crippen LogP) is 1.42. The van der Waals surface area contributed by atoms with Crippen LogP contribution in [0.25, 0.3) is 0 Å². The quantitative estimate of drug-likeness (QED) is 0.915. The van der Waals surface area contributed by atoms with E-state index in [1.165, 1.54) is 0 Å². The lowest BCUT2D eigenvalue weighted by molar-refractivity contribution is 0.312. The van der Waals surface area contributed by atoms with Crippen LogP contribution in [0, 0.1) is 0 Å². The first-order chi connectivity index (χ1) is 8.22. The first kappa shape index (κ1) is 12.6. The van der Waals surface area contributed by atoms with Gasteiger partial charge in [0.05, 0.1) is 0 Å². The van der Waals surface area contributed by atoms with Crippen molar-refractivity contribution in [2.75, 3.05) is 50.0 Å². The number of halogens is 1. The van der Waals surface area contributed by atoms with Gasteiger partial charge in [0.2, 0.25) is 0 Å². The molecule has 6 heteroatoms. The molecule has 1 aromatic heterocycles. The van der Waals surface area contributed by atoms with Crippen molar-refractivity contribution in [2.45, 2.75) is 6.92 Å². The highest BCUT2D eigenvalue weighted by atomic mass is 79.9. The van der Waals surface area contributed by atoms with E-state index in [-0.39, 0.29) is 0 Å². The van der Waals surface area contributed by atoms with Crippen molar-refractivity contribution in [2.24, 2.45) is 0 Å². The molecule has 0 unspecified atom stereocenters. The number of piperazine rings is 1. The van der Waals surface area contributed by atoms with Gasteiger partial charge in [0, 0.05) is 32.7 Å². The number of likely N-dealkylation sites (N-methyl/N-ethyl adjacent to an activating group) is 1. The van der Waals surface area contributed by atoms with Crippen molar-refractivity contribution < 1.29 is 0 Å². The summed E-state index contributed by atoms with van der Waals surface area (Å²) in [5, 5.41) is 3.23. The minimum atomic E-state index is 0.859. The van der Waals surface area contributed by atoms with Crippen LogP contribution in [0.4, 0.5) is 11.6 Å². The molecule has 0 saturated carbocycles. The van der Waals surface area contributed by atoms with Crippen LogP contribution in [-0.2, 0) is 0 Å². The number of anilines is 2. The van der Waals surface area contributed by atoms with Gasteiger partial charge in [-0.3, -0.25) is 0 Å². The topological polar surface area (TPSA) is 44.3 Å². The van der Waals surface area contributed by atoms with Gasteiger partial charge >= 0.3 is 0 Å². The van der Waals surface area contributed by atoms with Gasteiger partial charge in [-0.1, -0.05) is 0 Å². The Kier molecular flexibility index (Phi) is 4.17. The lowest BCUT2D eigenvalue weighted by Gasteiger charge is -2.33. The summed E-state index contributed by atoms with van der Waals surface area (Å²) in [5.41, 5.74) is 0. The van der Waals surface area contributed by atoms with Crippen LogP contribution < -0.4 is 10.2 Å². The molecule has 0 aromatic carbocycles. The second-order valence-electron chi connectivity index (χ2n) is 4.18. The van der Waals surface area contributed by atoms with E-state index >= 15 is 0 Å². The van der Waals surface area contributed by atoms with Gasteiger partial charge in [-0.15, -0.1) is 0 Å². The molecule has 2 heterocycles. The third-order valence-electron chi connectivity index (χ3n) is 2.92. The Morgan fingerprint density at radius 1 is 1.29 bits per heavy atom. The largest absolute Gasteiger partial charge is 0.369 e. The first-order valence-corrected chi connectivity index (χ1v) is 6.69. The highest BCUT2D eigenvalue weighted by molar-refractivity contribution is 9.10. The molecule has 1 saturated heterocycles. The fourth-order valence-electron chi connectivity index (χ4n) is 1.89. The molecule has 5 nitrogen and oxygen atoms in total. The van der Waals surface area contributed by atoms with E-state index in [1.807, 2.05) is 0 Å². The number of hydrogen-bond acceptors (Lipinski definition) is 5. The van der Waals surface area contributed by atoms with Crippen LogP contribution in [-0.4, -0.2) is 54.6 Å². The molecular formula is C11H18BrN5. The zero-order valence-electron chi connectivity index (χ0n) is 10.3. The molecule has 0 radical (unpaired) electrons. The Labute approximate surface area is 110 Å². The van der Waals surface area contributed by atoms with E-state index < -0.39 is 0 Å². The molecule has 0 atom stereocenters. The maximum absolute atomic E-state index is 4.38. The van der Waals surface area contributed by atoms with Crippen molar-refractivity contribution in [3.8, 4) is 0 Å². The summed E-state index contributed by atoms with van der Waals surface area (Å²) in [6, 6.07) is 0. The number of nitrogens with zero attached hydrogens (tertiary/aromatic N) is 4. The molecule has 0 aliphatic carbocycles. The average Bonchev–Trinajstić information content (AvgIpc) is 2.34. The predicted molar refractivity (Wildman–Crippen MR) is 73.6 cm³/mol. The van der Waals surface area contributed by atoms with Gasteiger partial charge in [-0.05, 0) is 29.9 Å². The number of nitrogens with one attached hydrogen (secondary N) is 1. The van der Waals surface area contributed by atoms with E-state index in [0.717, 1.165) is 48.8 Å². The van der Waals surface area contributed by atoms with Crippen molar-refractivity contribution in [1.29, 1.82) is 0 Å². The molecule has 94 valence electrons. The third kappa shape index (κ3) is 2.87. The lowest BCUT2D eigenvalue weighted by atomic mass is 10.3. The smallest absolute Gasteiger partial charge is 0.148 e. The average molecular weight is 300 g/mol. The van der Waals surface area contributed by atoms with E-state index in [0.29, 0.717) is 0 Å². The summed E-state index contributed by atoms with van der Waals surface area (Å²) >= 11 is 3.59. The van der Waals surface area contributed by atoms with Crippen molar-refractivity contribution in [3.63, 3.8) is 0 Å². The fraction of sp³-hybridized carbons (Fsp3) is 0.636. The summed E-state index contributed by atoms with van der Waals surface area (Å²) in [6.07, 6.45) is 1.62. The zero-order chi connectivity index (χ0) is 12.3. The van der Waals surface area contributed by atoms with Gasteiger partial charge in [0.1, 0.15) is 22.4 Å². The van der Waals surface area contributed by atoms with Crippen molar-refractivity contribution in [3.05, 3.63) is 10.8 Å². The Bertz CT molecular complexity index is 376. The van der Waals surface area contributed by atoms with E-state index in [1.54, 1.807) is 6.33 Å². The molecule has 1 aliphatic rings. The summed E-state index contributed by atoms with van der Waals surface area (Å²) in [5.74, 6) is 1.86. The Morgan fingerprint density at radius 2 is 2.00 bits per heavy atom. The monoisotopic (exact) mass is 299 g/mol. The molecule has 0 amide bonds. The van der Waals surface area contributed by atoms with E-state index in [2.05, 4.69) is 55.0 Å². The molecule has 17 heavy (non-hydrogen) atoms. The van der Waals surface area contributed by atoms with Gasteiger partial charge in [0.15, 0.2) is 0 Å². The molecule has 1 N–H and O–H groups in total. The summed E-state index contributed by atoms with van der Waals surface area (Å²) < 4.78 is 0.964. The SMILES string of the molecule is CCNc1ncnc(N2CCN(C)CC2)c1Br. The Morgan fingerprint density at radius 3 is 2.65 bits per heavy atom. The first-order valence-electron chi connectivity index (χ1n) is 5.90. The van der Waals surface area contributed by atoms with Crippen LogP contribution in [0.1, 0.15) is 6.92 Å². The van der Waals surface area contributed by atoms with Crippen LogP contribution in [0.15, 0.2) is 10.8 Å². The number of aromatic nitrogens is 2. The van der Waals surface area contributed by atoms with Crippen LogP contribution in [0.5, 0.6) is 0 Å². The highest BCUT2D eigenvalue weighted by Crippen LogP contribution is 2.29. The van der Waals surface area contributed by atoms with Gasteiger partial charge in [0.25, 0.3) is 0 Å². The van der Waals surface area contributed by atoms with Gasteiger partial charge in [-0.25, -0.2) is 9.97 Å². The summed E-state index contributed by atoms with van der Waals surface area (Å²) in [7, 11) is 2.15.